The molecular formula is C14H28N2O. The Morgan fingerprint density at radius 2 is 1.71 bits per heavy atom. The molecule has 0 aromatic heterocycles. The van der Waals surface area contributed by atoms with Crippen LogP contribution in [0.25, 0.3) is 0 Å². The second kappa shape index (κ2) is 6.72. The molecule has 0 spiro atoms. The zero-order valence-electron chi connectivity index (χ0n) is 11.2. The van der Waals surface area contributed by atoms with Gasteiger partial charge in [-0.1, -0.05) is 12.8 Å². The van der Waals surface area contributed by atoms with E-state index >= 15 is 0 Å². The molecule has 100 valence electrons. The quantitative estimate of drug-likeness (QED) is 0.815. The number of hydrogen-bond donors (Lipinski definition) is 1. The molecule has 2 rings (SSSR count). The molecule has 2 N–H and O–H groups in total. The third-order valence-electron chi connectivity index (χ3n) is 4.73. The molecule has 1 heterocycles. The number of methoxy groups -OCH3 is 1. The highest BCUT2D eigenvalue weighted by atomic mass is 16.5. The summed E-state index contributed by atoms with van der Waals surface area (Å²) in [6.07, 6.45) is 8.47. The van der Waals surface area contributed by atoms with Crippen molar-refractivity contribution in [3.63, 3.8) is 0 Å². The van der Waals surface area contributed by atoms with Gasteiger partial charge in [-0.15, -0.1) is 0 Å². The van der Waals surface area contributed by atoms with Crippen LogP contribution < -0.4 is 5.73 Å². The van der Waals surface area contributed by atoms with Crippen molar-refractivity contribution in [3.05, 3.63) is 0 Å². The Hall–Kier alpha value is -0.120. The monoisotopic (exact) mass is 240 g/mol. The molecule has 3 heteroatoms. The molecule has 0 radical (unpaired) electrons. The van der Waals surface area contributed by atoms with E-state index in [0.29, 0.717) is 6.10 Å². The standard InChI is InChI=1S/C14H28N2O/c1-17-14-6-8-16(9-7-14)11-13-5-3-2-4-12(13)10-15/h12-14H,2-11,15H2,1H3. The average Bonchev–Trinajstić information content (AvgIpc) is 2.40. The van der Waals surface area contributed by atoms with Crippen LogP contribution in [0.4, 0.5) is 0 Å². The summed E-state index contributed by atoms with van der Waals surface area (Å²) in [5.74, 6) is 1.64. The minimum atomic E-state index is 0.503. The Bertz CT molecular complexity index is 214. The molecule has 0 aromatic rings. The lowest BCUT2D eigenvalue weighted by atomic mass is 9.79. The predicted molar refractivity (Wildman–Crippen MR) is 71.0 cm³/mol. The zero-order valence-corrected chi connectivity index (χ0v) is 11.2. The Morgan fingerprint density at radius 1 is 1.06 bits per heavy atom. The third-order valence-corrected chi connectivity index (χ3v) is 4.73. The maximum Gasteiger partial charge on any atom is 0.0595 e. The number of hydrogen-bond acceptors (Lipinski definition) is 3. The van der Waals surface area contributed by atoms with Gasteiger partial charge in [0, 0.05) is 26.7 Å². The van der Waals surface area contributed by atoms with E-state index in [1.807, 2.05) is 7.11 Å². The molecule has 2 fully saturated rings. The van der Waals surface area contributed by atoms with Crippen molar-refractivity contribution >= 4 is 0 Å². The maximum atomic E-state index is 5.90. The number of nitrogens with two attached hydrogens (primary N) is 1. The van der Waals surface area contributed by atoms with Crippen LogP contribution in [0.3, 0.4) is 0 Å². The van der Waals surface area contributed by atoms with E-state index in [1.54, 1.807) is 0 Å². The van der Waals surface area contributed by atoms with Crippen molar-refractivity contribution in [1.82, 2.24) is 4.90 Å². The lowest BCUT2D eigenvalue weighted by Gasteiger charge is -2.38. The van der Waals surface area contributed by atoms with Gasteiger partial charge in [-0.2, -0.15) is 0 Å². The largest absolute Gasteiger partial charge is 0.381 e. The van der Waals surface area contributed by atoms with E-state index in [1.165, 1.54) is 58.2 Å². The van der Waals surface area contributed by atoms with Crippen LogP contribution in [-0.4, -0.2) is 44.3 Å². The first-order valence-corrected chi connectivity index (χ1v) is 7.28. The van der Waals surface area contributed by atoms with Gasteiger partial charge in [0.25, 0.3) is 0 Å². The second-order valence-electron chi connectivity index (χ2n) is 5.78. The molecule has 0 amide bonds. The van der Waals surface area contributed by atoms with Crippen LogP contribution in [0, 0.1) is 11.8 Å². The van der Waals surface area contributed by atoms with Crippen LogP contribution in [0.5, 0.6) is 0 Å². The van der Waals surface area contributed by atoms with Crippen LogP contribution >= 0.6 is 0 Å². The van der Waals surface area contributed by atoms with E-state index < -0.39 is 0 Å². The lowest BCUT2D eigenvalue weighted by molar-refractivity contribution is 0.0304. The highest BCUT2D eigenvalue weighted by Gasteiger charge is 2.27. The van der Waals surface area contributed by atoms with Crippen molar-refractivity contribution in [2.75, 3.05) is 33.3 Å². The summed E-state index contributed by atoms with van der Waals surface area (Å²) in [6, 6.07) is 0. The summed E-state index contributed by atoms with van der Waals surface area (Å²) in [6.45, 7) is 4.59. The number of likely N-dealkylation sites (tertiary alicyclic amines) is 1. The van der Waals surface area contributed by atoms with E-state index in [9.17, 15) is 0 Å². The Balaban J connectivity index is 1.76. The van der Waals surface area contributed by atoms with Crippen LogP contribution in [0.15, 0.2) is 0 Å². The van der Waals surface area contributed by atoms with Gasteiger partial charge in [0.05, 0.1) is 6.10 Å². The van der Waals surface area contributed by atoms with E-state index in [0.717, 1.165) is 18.4 Å². The van der Waals surface area contributed by atoms with Gasteiger partial charge in [-0.3, -0.25) is 0 Å². The number of ether oxygens (including phenoxy) is 1. The molecule has 0 bridgehead atoms. The van der Waals surface area contributed by atoms with Crippen LogP contribution in [0.2, 0.25) is 0 Å². The molecule has 2 unspecified atom stereocenters. The number of rotatable bonds is 4. The maximum absolute atomic E-state index is 5.90. The van der Waals surface area contributed by atoms with Crippen LogP contribution in [0.1, 0.15) is 38.5 Å². The fourth-order valence-electron chi connectivity index (χ4n) is 3.49. The van der Waals surface area contributed by atoms with Gasteiger partial charge in [0.1, 0.15) is 0 Å². The van der Waals surface area contributed by atoms with Crippen molar-refractivity contribution in [1.29, 1.82) is 0 Å². The molecule has 1 aliphatic heterocycles. The first-order chi connectivity index (χ1) is 8.33. The van der Waals surface area contributed by atoms with Gasteiger partial charge in [0.2, 0.25) is 0 Å². The zero-order chi connectivity index (χ0) is 12.1. The van der Waals surface area contributed by atoms with Crippen molar-refractivity contribution in [2.24, 2.45) is 17.6 Å². The predicted octanol–water partition coefficient (Wildman–Crippen LogP) is 1.86. The summed E-state index contributed by atoms with van der Waals surface area (Å²) in [7, 11) is 1.84. The summed E-state index contributed by atoms with van der Waals surface area (Å²) >= 11 is 0. The smallest absolute Gasteiger partial charge is 0.0595 e. The Labute approximate surface area is 106 Å². The highest BCUT2D eigenvalue weighted by molar-refractivity contribution is 4.81. The fourth-order valence-corrected chi connectivity index (χ4v) is 3.49. The molecular weight excluding hydrogens is 212 g/mol. The molecule has 17 heavy (non-hydrogen) atoms. The summed E-state index contributed by atoms with van der Waals surface area (Å²) < 4.78 is 5.43. The second-order valence-corrected chi connectivity index (χ2v) is 5.78. The van der Waals surface area contributed by atoms with E-state index in [4.69, 9.17) is 10.5 Å². The summed E-state index contributed by atoms with van der Waals surface area (Å²) in [5, 5.41) is 0. The number of nitrogens with zero attached hydrogens (tertiary/aromatic N) is 1. The molecule has 1 aliphatic carbocycles. The van der Waals surface area contributed by atoms with E-state index in [2.05, 4.69) is 4.90 Å². The Morgan fingerprint density at radius 3 is 2.29 bits per heavy atom. The highest BCUT2D eigenvalue weighted by Crippen LogP contribution is 2.30. The van der Waals surface area contributed by atoms with Crippen molar-refractivity contribution in [2.45, 2.75) is 44.6 Å². The molecule has 1 saturated carbocycles. The Kier molecular flexibility index (Phi) is 5.26. The first-order valence-electron chi connectivity index (χ1n) is 7.28. The lowest BCUT2D eigenvalue weighted by Crippen LogP contribution is -2.42. The first kappa shape index (κ1) is 13.3. The van der Waals surface area contributed by atoms with Gasteiger partial charge >= 0.3 is 0 Å². The molecule has 3 nitrogen and oxygen atoms in total. The molecule has 1 saturated heterocycles. The third kappa shape index (κ3) is 3.67. The molecule has 2 aliphatic rings. The molecule has 0 aromatic carbocycles. The average molecular weight is 240 g/mol. The van der Waals surface area contributed by atoms with Crippen molar-refractivity contribution in [3.8, 4) is 0 Å². The summed E-state index contributed by atoms with van der Waals surface area (Å²) in [4.78, 5) is 2.63. The van der Waals surface area contributed by atoms with Crippen molar-refractivity contribution < 1.29 is 4.74 Å². The van der Waals surface area contributed by atoms with Crippen LogP contribution in [-0.2, 0) is 4.74 Å². The number of piperidine rings is 1. The molecule has 2 atom stereocenters. The fraction of sp³-hybridized carbons (Fsp3) is 1.00. The van der Waals surface area contributed by atoms with E-state index in [-0.39, 0.29) is 0 Å². The topological polar surface area (TPSA) is 38.5 Å². The van der Waals surface area contributed by atoms with Gasteiger partial charge < -0.3 is 15.4 Å². The minimum absolute atomic E-state index is 0.503. The van der Waals surface area contributed by atoms with Gasteiger partial charge in [-0.05, 0) is 44.1 Å². The van der Waals surface area contributed by atoms with Gasteiger partial charge in [-0.25, -0.2) is 0 Å². The van der Waals surface area contributed by atoms with Gasteiger partial charge in [0.15, 0.2) is 0 Å². The minimum Gasteiger partial charge on any atom is -0.381 e. The normalized spacial score (nSPS) is 32.8. The summed E-state index contributed by atoms with van der Waals surface area (Å²) in [5.41, 5.74) is 5.90. The SMILES string of the molecule is COC1CCN(CC2CCCCC2CN)CC1.